The summed E-state index contributed by atoms with van der Waals surface area (Å²) in [6.45, 7) is 6.49. The van der Waals surface area contributed by atoms with Crippen molar-refractivity contribution in [2.45, 2.75) is 51.4 Å². The van der Waals surface area contributed by atoms with Crippen molar-refractivity contribution in [3.05, 3.63) is 35.4 Å². The quantitative estimate of drug-likeness (QED) is 0.834. The van der Waals surface area contributed by atoms with E-state index >= 15 is 0 Å². The lowest BCUT2D eigenvalue weighted by Gasteiger charge is -2.27. The van der Waals surface area contributed by atoms with Crippen LogP contribution in [0.1, 0.15) is 54.3 Å². The number of carbonyl (C=O) groups excluding carboxylic acids is 3. The summed E-state index contributed by atoms with van der Waals surface area (Å²) in [5, 5.41) is 0. The number of nitrogens with two attached hydrogens (primary N) is 1. The van der Waals surface area contributed by atoms with E-state index in [1.54, 1.807) is 34.1 Å². The first-order chi connectivity index (χ1) is 12.3. The summed E-state index contributed by atoms with van der Waals surface area (Å²) < 4.78 is 5.32. The van der Waals surface area contributed by atoms with E-state index < -0.39 is 11.6 Å². The zero-order valence-corrected chi connectivity index (χ0v) is 15.2. The number of ether oxygens (including phenoxy) is 1. The van der Waals surface area contributed by atoms with E-state index in [1.165, 1.54) is 0 Å². The molecule has 1 spiro atoms. The maximum absolute atomic E-state index is 13.3. The first-order valence-corrected chi connectivity index (χ1v) is 8.97. The third-order valence-corrected chi connectivity index (χ3v) is 5.81. The second-order valence-corrected chi connectivity index (χ2v) is 7.99. The van der Waals surface area contributed by atoms with Gasteiger partial charge in [-0.2, -0.15) is 0 Å². The third-order valence-electron chi connectivity index (χ3n) is 5.81. The Hall–Kier alpha value is -2.57. The minimum atomic E-state index is -0.634. The molecule has 1 unspecified atom stereocenters. The van der Waals surface area contributed by atoms with Crippen molar-refractivity contribution < 1.29 is 19.1 Å². The Morgan fingerprint density at radius 1 is 1.27 bits per heavy atom. The minimum Gasteiger partial charge on any atom is -0.449 e. The number of fused-ring (bicyclic) bond motifs is 3. The smallest absolute Gasteiger partial charge is 0.412 e. The van der Waals surface area contributed by atoms with Gasteiger partial charge < -0.3 is 15.4 Å². The number of nitrogens with zero attached hydrogens (tertiary/aromatic N) is 2. The Balaban J connectivity index is 1.72. The minimum absolute atomic E-state index is 0.0579. The molecule has 2 N–H and O–H groups in total. The number of hydrogen-bond donors (Lipinski definition) is 1. The molecule has 1 aromatic carbocycles. The zero-order valence-electron chi connectivity index (χ0n) is 15.2. The fourth-order valence-corrected chi connectivity index (χ4v) is 4.75. The molecule has 26 heavy (non-hydrogen) atoms. The average molecular weight is 357 g/mol. The Morgan fingerprint density at radius 2 is 1.92 bits per heavy atom. The summed E-state index contributed by atoms with van der Waals surface area (Å²) in [4.78, 5) is 40.7. The van der Waals surface area contributed by atoms with Crippen molar-refractivity contribution in [1.29, 1.82) is 0 Å². The van der Waals surface area contributed by atoms with Crippen LogP contribution in [0.5, 0.6) is 0 Å². The van der Waals surface area contributed by atoms with E-state index in [1.807, 2.05) is 13.8 Å². The summed E-state index contributed by atoms with van der Waals surface area (Å²) in [7, 11) is 0. The fourth-order valence-electron chi connectivity index (χ4n) is 4.75. The SMILES string of the molecule is CCCC1N(C(=O)c2ccccc2C(N)=O)[C@@]12[C@H]1N2C(=O)OCC1(C)C. The molecule has 3 saturated heterocycles. The van der Waals surface area contributed by atoms with E-state index in [2.05, 4.69) is 6.92 Å². The number of primary amides is 1. The number of carbonyl (C=O) groups is 3. The highest BCUT2D eigenvalue weighted by molar-refractivity contribution is 6.08. The first-order valence-electron chi connectivity index (χ1n) is 8.97. The van der Waals surface area contributed by atoms with Gasteiger partial charge in [-0.3, -0.25) is 14.5 Å². The second kappa shape index (κ2) is 5.22. The van der Waals surface area contributed by atoms with E-state index in [4.69, 9.17) is 10.5 Å². The second-order valence-electron chi connectivity index (χ2n) is 7.99. The highest BCUT2D eigenvalue weighted by atomic mass is 16.6. The van der Waals surface area contributed by atoms with Gasteiger partial charge in [0.25, 0.3) is 5.91 Å². The van der Waals surface area contributed by atoms with Crippen LogP contribution in [-0.2, 0) is 4.74 Å². The number of amides is 3. The predicted octanol–water partition coefficient (Wildman–Crippen LogP) is 1.97. The monoisotopic (exact) mass is 357 g/mol. The number of benzene rings is 1. The van der Waals surface area contributed by atoms with E-state index in [0.717, 1.165) is 12.8 Å². The molecular formula is C19H23N3O4. The molecule has 0 radical (unpaired) electrons. The third kappa shape index (κ3) is 1.97. The first kappa shape index (κ1) is 16.9. The van der Waals surface area contributed by atoms with Crippen LogP contribution in [0, 0.1) is 5.41 Å². The van der Waals surface area contributed by atoms with Crippen molar-refractivity contribution in [1.82, 2.24) is 9.80 Å². The van der Waals surface area contributed by atoms with Gasteiger partial charge in [-0.1, -0.05) is 39.3 Å². The van der Waals surface area contributed by atoms with Crippen LogP contribution in [-0.4, -0.2) is 52.1 Å². The Labute approximate surface area is 152 Å². The van der Waals surface area contributed by atoms with Gasteiger partial charge in [0.1, 0.15) is 6.61 Å². The van der Waals surface area contributed by atoms with Gasteiger partial charge in [-0.25, -0.2) is 4.79 Å². The van der Waals surface area contributed by atoms with E-state index in [9.17, 15) is 14.4 Å². The number of cyclic esters (lactones) is 1. The maximum atomic E-state index is 13.3. The van der Waals surface area contributed by atoms with Crippen molar-refractivity contribution in [2.75, 3.05) is 6.61 Å². The van der Waals surface area contributed by atoms with Crippen LogP contribution in [0.2, 0.25) is 0 Å². The maximum Gasteiger partial charge on any atom is 0.412 e. The molecule has 0 aromatic heterocycles. The lowest BCUT2D eigenvalue weighted by molar-refractivity contribution is 0.0494. The molecule has 3 aliphatic rings. The zero-order chi connectivity index (χ0) is 18.9. The van der Waals surface area contributed by atoms with E-state index in [0.29, 0.717) is 6.61 Å². The molecular weight excluding hydrogens is 334 g/mol. The molecule has 3 fully saturated rings. The van der Waals surface area contributed by atoms with Crippen LogP contribution in [0.15, 0.2) is 24.3 Å². The van der Waals surface area contributed by atoms with Crippen LogP contribution < -0.4 is 5.73 Å². The van der Waals surface area contributed by atoms with Crippen molar-refractivity contribution >= 4 is 17.9 Å². The summed E-state index contributed by atoms with van der Waals surface area (Å²) >= 11 is 0. The van der Waals surface area contributed by atoms with Crippen LogP contribution in [0.4, 0.5) is 4.79 Å². The Morgan fingerprint density at radius 3 is 2.50 bits per heavy atom. The van der Waals surface area contributed by atoms with Crippen LogP contribution >= 0.6 is 0 Å². The van der Waals surface area contributed by atoms with Gasteiger partial charge in [0.2, 0.25) is 5.91 Å². The van der Waals surface area contributed by atoms with Crippen LogP contribution in [0.25, 0.3) is 0 Å². The molecule has 0 aliphatic carbocycles. The topological polar surface area (TPSA) is 92.5 Å². The molecule has 7 nitrogen and oxygen atoms in total. The summed E-state index contributed by atoms with van der Waals surface area (Å²) in [5.74, 6) is -0.888. The molecule has 1 aromatic rings. The molecule has 138 valence electrons. The number of hydrogen-bond acceptors (Lipinski definition) is 4. The predicted molar refractivity (Wildman–Crippen MR) is 93.3 cm³/mol. The molecule has 3 atom stereocenters. The normalized spacial score (nSPS) is 30.7. The number of rotatable bonds is 4. The van der Waals surface area contributed by atoms with Gasteiger partial charge >= 0.3 is 6.09 Å². The van der Waals surface area contributed by atoms with Crippen LogP contribution in [0.3, 0.4) is 0 Å². The highest BCUT2D eigenvalue weighted by Crippen LogP contribution is 2.68. The van der Waals surface area contributed by atoms with Gasteiger partial charge in [0.15, 0.2) is 5.66 Å². The van der Waals surface area contributed by atoms with E-state index in [-0.39, 0.29) is 40.6 Å². The highest BCUT2D eigenvalue weighted by Gasteiger charge is 2.89. The largest absolute Gasteiger partial charge is 0.449 e. The fraction of sp³-hybridized carbons (Fsp3) is 0.526. The Kier molecular flexibility index (Phi) is 3.39. The standard InChI is InChI=1S/C19H23N3O4/c1-4-7-13-19(16-18(2,3)10-26-17(25)22(16)19)21(13)15(24)12-9-6-5-8-11(12)14(20)23/h5-6,8-9,13,16H,4,7,10H2,1-3H3,(H2,20,23)/t13?,16-,19-,21?,22?/m0/s1. The molecule has 0 bridgehead atoms. The summed E-state index contributed by atoms with van der Waals surface area (Å²) in [6.07, 6.45) is 1.32. The summed E-state index contributed by atoms with van der Waals surface area (Å²) in [5.41, 5.74) is 5.07. The lowest BCUT2D eigenvalue weighted by Crippen LogP contribution is -2.37. The molecule has 3 amide bonds. The summed E-state index contributed by atoms with van der Waals surface area (Å²) in [6, 6.07) is 6.44. The molecule has 3 heterocycles. The van der Waals surface area contributed by atoms with Gasteiger partial charge in [0, 0.05) is 5.41 Å². The molecule has 4 rings (SSSR count). The average Bonchev–Trinajstić information content (AvgIpc) is 3.47. The molecule has 3 aliphatic heterocycles. The van der Waals surface area contributed by atoms with Gasteiger partial charge in [-0.05, 0) is 18.6 Å². The van der Waals surface area contributed by atoms with Crippen molar-refractivity contribution in [2.24, 2.45) is 11.1 Å². The molecule has 0 saturated carbocycles. The Bertz CT molecular complexity index is 821. The lowest BCUT2D eigenvalue weighted by atomic mass is 9.86. The molecule has 7 heteroatoms. The van der Waals surface area contributed by atoms with Gasteiger partial charge in [0.05, 0.1) is 23.2 Å². The van der Waals surface area contributed by atoms with Gasteiger partial charge in [-0.15, -0.1) is 0 Å². The van der Waals surface area contributed by atoms with Crippen molar-refractivity contribution in [3.63, 3.8) is 0 Å². The van der Waals surface area contributed by atoms with Crippen molar-refractivity contribution in [3.8, 4) is 0 Å².